The fourth-order valence-electron chi connectivity index (χ4n) is 5.78. The maximum absolute atomic E-state index is 3.80. The van der Waals surface area contributed by atoms with E-state index in [4.69, 9.17) is 0 Å². The summed E-state index contributed by atoms with van der Waals surface area (Å²) >= 11 is 7.59. The quantitative estimate of drug-likeness (QED) is 0.188. The normalized spacial score (nSPS) is 13.3. The summed E-state index contributed by atoms with van der Waals surface area (Å²) in [5.41, 5.74) is 10.3. The van der Waals surface area contributed by atoms with Crippen molar-refractivity contribution in [2.45, 2.75) is 51.4 Å². The summed E-state index contributed by atoms with van der Waals surface area (Å²) in [7, 11) is 0. The van der Waals surface area contributed by atoms with Crippen LogP contribution in [0.1, 0.15) is 60.4 Å². The van der Waals surface area contributed by atoms with E-state index in [9.17, 15) is 0 Å². The molecular formula is C33H33Br2N. The van der Waals surface area contributed by atoms with Gasteiger partial charge in [0.15, 0.2) is 0 Å². The summed E-state index contributed by atoms with van der Waals surface area (Å²) in [6.45, 7) is 5.50. The largest absolute Gasteiger partial charge is 0.385 e. The molecular weight excluding hydrogens is 570 g/mol. The van der Waals surface area contributed by atoms with Gasteiger partial charge in [-0.15, -0.1) is 0 Å². The monoisotopic (exact) mass is 601 g/mol. The van der Waals surface area contributed by atoms with Gasteiger partial charge < -0.3 is 5.32 Å². The molecule has 0 aliphatic heterocycles. The third-order valence-corrected chi connectivity index (χ3v) is 8.40. The minimum Gasteiger partial charge on any atom is -0.385 e. The van der Waals surface area contributed by atoms with Crippen LogP contribution in [-0.4, -0.2) is 6.54 Å². The van der Waals surface area contributed by atoms with Crippen molar-refractivity contribution in [3.05, 3.63) is 122 Å². The molecule has 0 atom stereocenters. The van der Waals surface area contributed by atoms with Crippen molar-refractivity contribution in [1.82, 2.24) is 0 Å². The summed E-state index contributed by atoms with van der Waals surface area (Å²) in [6, 6.07) is 31.6. The number of hydrogen-bond donors (Lipinski definition) is 1. The molecule has 1 nitrogen and oxygen atoms in total. The van der Waals surface area contributed by atoms with E-state index in [2.05, 4.69) is 136 Å². The van der Waals surface area contributed by atoms with Crippen molar-refractivity contribution >= 4 is 37.5 Å². The Morgan fingerprint density at radius 3 is 2.03 bits per heavy atom. The molecule has 5 rings (SSSR count). The van der Waals surface area contributed by atoms with E-state index < -0.39 is 0 Å². The number of benzene rings is 4. The Morgan fingerprint density at radius 1 is 0.722 bits per heavy atom. The summed E-state index contributed by atoms with van der Waals surface area (Å²) in [5.74, 6) is 0. The Morgan fingerprint density at radius 2 is 1.39 bits per heavy atom. The number of hydrogen-bond acceptors (Lipinski definition) is 1. The van der Waals surface area contributed by atoms with Gasteiger partial charge in [0.2, 0.25) is 0 Å². The van der Waals surface area contributed by atoms with Crippen LogP contribution >= 0.6 is 31.9 Å². The lowest BCUT2D eigenvalue weighted by atomic mass is 9.68. The zero-order chi connectivity index (χ0) is 25.1. The Hall–Kier alpha value is -2.36. The smallest absolute Gasteiger partial charge is 0.0505 e. The van der Waals surface area contributed by atoms with Gasteiger partial charge in [-0.25, -0.2) is 0 Å². The molecule has 0 aromatic heterocycles. The Bertz CT molecular complexity index is 1310. The van der Waals surface area contributed by atoms with Crippen molar-refractivity contribution in [3.8, 4) is 11.1 Å². The number of aryl methyl sites for hydroxylation is 1. The predicted molar refractivity (Wildman–Crippen MR) is 161 cm³/mol. The molecule has 3 heteroatoms. The molecule has 1 aliphatic carbocycles. The van der Waals surface area contributed by atoms with Crippen LogP contribution in [0.2, 0.25) is 0 Å². The first-order valence-electron chi connectivity index (χ1n) is 13.0. The van der Waals surface area contributed by atoms with Gasteiger partial charge in [-0.3, -0.25) is 0 Å². The van der Waals surface area contributed by atoms with Crippen molar-refractivity contribution in [3.63, 3.8) is 0 Å². The molecule has 1 aliphatic rings. The molecule has 0 heterocycles. The minimum absolute atomic E-state index is 0.287. The lowest BCUT2D eigenvalue weighted by Crippen LogP contribution is -2.30. The van der Waals surface area contributed by atoms with Crippen LogP contribution in [0, 0.1) is 6.92 Å². The predicted octanol–water partition coefficient (Wildman–Crippen LogP) is 10.1. The number of halogens is 2. The van der Waals surface area contributed by atoms with Gasteiger partial charge in [0.05, 0.1) is 5.41 Å². The van der Waals surface area contributed by atoms with E-state index in [1.54, 1.807) is 0 Å². The van der Waals surface area contributed by atoms with Gasteiger partial charge in [-0.2, -0.15) is 0 Å². The molecule has 4 aromatic carbocycles. The fraction of sp³-hybridized carbons (Fsp3) is 0.273. The Labute approximate surface area is 232 Å². The number of unbranched alkanes of at least 4 members (excludes halogenated alkanes) is 3. The van der Waals surface area contributed by atoms with Crippen molar-refractivity contribution < 1.29 is 0 Å². The van der Waals surface area contributed by atoms with E-state index in [1.165, 1.54) is 70.3 Å². The first-order valence-corrected chi connectivity index (χ1v) is 14.6. The second-order valence-electron chi connectivity index (χ2n) is 10.0. The Balaban J connectivity index is 1.70. The van der Waals surface area contributed by atoms with Crippen molar-refractivity contribution in [1.29, 1.82) is 0 Å². The van der Waals surface area contributed by atoms with Gasteiger partial charge in [0, 0.05) is 21.2 Å². The standard InChI is InChI=1S/C33H33Br2N/c1-3-4-5-9-16-36-28-18-23(2)17-25(19-28)33(22-24-10-7-6-8-11-24)31-20-26(34)12-14-29(31)30-15-13-27(35)21-32(30)33/h6-8,10-15,17-21,36H,3-5,9,16,22H2,1-2H3. The van der Waals surface area contributed by atoms with Crippen LogP contribution < -0.4 is 5.32 Å². The van der Waals surface area contributed by atoms with E-state index in [-0.39, 0.29) is 5.41 Å². The highest BCUT2D eigenvalue weighted by atomic mass is 79.9. The molecule has 0 amide bonds. The van der Waals surface area contributed by atoms with Crippen molar-refractivity contribution in [2.75, 3.05) is 11.9 Å². The van der Waals surface area contributed by atoms with Gasteiger partial charge in [0.25, 0.3) is 0 Å². The Kier molecular flexibility index (Phi) is 7.69. The topological polar surface area (TPSA) is 12.0 Å². The summed E-state index contributed by atoms with van der Waals surface area (Å²) in [6.07, 6.45) is 5.96. The van der Waals surface area contributed by atoms with Crippen LogP contribution in [0.25, 0.3) is 11.1 Å². The van der Waals surface area contributed by atoms with Gasteiger partial charge in [-0.1, -0.05) is 107 Å². The SMILES string of the molecule is CCCCCCNc1cc(C)cc(C2(Cc3ccccc3)c3cc(Br)ccc3-c3ccc(Br)cc32)c1. The van der Waals surface area contributed by atoms with Crippen LogP contribution in [0.15, 0.2) is 93.9 Å². The van der Waals surface area contributed by atoms with E-state index in [0.29, 0.717) is 0 Å². The number of nitrogens with one attached hydrogen (secondary N) is 1. The third-order valence-electron chi connectivity index (χ3n) is 7.41. The van der Waals surface area contributed by atoms with Crippen LogP contribution in [0.4, 0.5) is 5.69 Å². The molecule has 0 fully saturated rings. The first kappa shape index (κ1) is 25.3. The molecule has 0 unspecified atom stereocenters. The molecule has 0 saturated carbocycles. The molecule has 184 valence electrons. The highest BCUT2D eigenvalue weighted by Crippen LogP contribution is 2.55. The highest BCUT2D eigenvalue weighted by Gasteiger charge is 2.45. The first-order chi connectivity index (χ1) is 17.5. The molecule has 0 radical (unpaired) electrons. The number of fused-ring (bicyclic) bond motifs is 3. The minimum atomic E-state index is -0.287. The molecule has 0 saturated heterocycles. The fourth-order valence-corrected chi connectivity index (χ4v) is 6.50. The lowest BCUT2D eigenvalue weighted by Gasteiger charge is -2.34. The summed E-state index contributed by atoms with van der Waals surface area (Å²) in [5, 5.41) is 3.74. The van der Waals surface area contributed by atoms with Gasteiger partial charge in [-0.05, 0) is 95.1 Å². The van der Waals surface area contributed by atoms with Crippen LogP contribution in [0.3, 0.4) is 0 Å². The van der Waals surface area contributed by atoms with E-state index in [0.717, 1.165) is 21.9 Å². The van der Waals surface area contributed by atoms with Crippen molar-refractivity contribution in [2.24, 2.45) is 0 Å². The second-order valence-corrected chi connectivity index (χ2v) is 11.9. The van der Waals surface area contributed by atoms with E-state index in [1.807, 2.05) is 0 Å². The lowest BCUT2D eigenvalue weighted by molar-refractivity contribution is 0.628. The maximum atomic E-state index is 3.80. The summed E-state index contributed by atoms with van der Waals surface area (Å²) in [4.78, 5) is 0. The molecule has 0 spiro atoms. The third kappa shape index (κ3) is 4.93. The molecule has 36 heavy (non-hydrogen) atoms. The van der Waals surface area contributed by atoms with Crippen LogP contribution in [0.5, 0.6) is 0 Å². The molecule has 0 bridgehead atoms. The number of rotatable bonds is 9. The average molecular weight is 603 g/mol. The maximum Gasteiger partial charge on any atom is 0.0505 e. The molecule has 1 N–H and O–H groups in total. The highest BCUT2D eigenvalue weighted by molar-refractivity contribution is 9.10. The zero-order valence-electron chi connectivity index (χ0n) is 21.1. The molecule has 4 aromatic rings. The average Bonchev–Trinajstić information content (AvgIpc) is 3.13. The summed E-state index contributed by atoms with van der Waals surface area (Å²) < 4.78 is 2.24. The van der Waals surface area contributed by atoms with E-state index >= 15 is 0 Å². The zero-order valence-corrected chi connectivity index (χ0v) is 24.3. The van der Waals surface area contributed by atoms with Gasteiger partial charge in [0.1, 0.15) is 0 Å². The second kappa shape index (κ2) is 10.9. The van der Waals surface area contributed by atoms with Crippen LogP contribution in [-0.2, 0) is 11.8 Å². The van der Waals surface area contributed by atoms with Gasteiger partial charge >= 0.3 is 0 Å². The number of anilines is 1.